The summed E-state index contributed by atoms with van der Waals surface area (Å²) in [5.41, 5.74) is 6.02. The Morgan fingerprint density at radius 1 is 1.17 bits per heavy atom. The van der Waals surface area contributed by atoms with Crippen molar-refractivity contribution in [2.45, 2.75) is 58.4 Å². The molecule has 0 aliphatic carbocycles. The number of hydrogen-bond acceptors (Lipinski definition) is 6. The first-order valence-electron chi connectivity index (χ1n) is 12.3. The van der Waals surface area contributed by atoms with E-state index in [1.807, 2.05) is 19.9 Å². The molecule has 0 unspecified atom stereocenters. The molecule has 1 heterocycles. The lowest BCUT2D eigenvalue weighted by Gasteiger charge is -2.30. The van der Waals surface area contributed by atoms with Crippen LogP contribution in [0, 0.1) is 17.8 Å². The van der Waals surface area contributed by atoms with Gasteiger partial charge in [0.2, 0.25) is 5.91 Å². The highest BCUT2D eigenvalue weighted by Gasteiger charge is 2.39. The molecule has 1 amide bonds. The maximum atomic E-state index is 13.5. The molecule has 0 saturated carbocycles. The monoisotopic (exact) mass is 487 g/mol. The molecular weight excluding hydrogens is 449 g/mol. The van der Waals surface area contributed by atoms with E-state index in [1.165, 1.54) is 0 Å². The van der Waals surface area contributed by atoms with Crippen molar-refractivity contribution >= 4 is 23.3 Å². The minimum absolute atomic E-state index is 0.0698. The molecule has 3 N–H and O–H groups in total. The lowest BCUT2D eigenvalue weighted by molar-refractivity contribution is -0.142. The van der Waals surface area contributed by atoms with Crippen LogP contribution in [0.5, 0.6) is 0 Å². The molecule has 1 aliphatic rings. The van der Waals surface area contributed by atoms with Crippen LogP contribution >= 0.6 is 0 Å². The summed E-state index contributed by atoms with van der Waals surface area (Å²) < 4.78 is 13.2. The molecule has 1 aromatic rings. The number of carbonyl (C=O) groups excluding carboxylic acids is 4. The second-order valence-electron chi connectivity index (χ2n) is 9.60. The van der Waals surface area contributed by atoms with E-state index in [-0.39, 0.29) is 36.2 Å². The summed E-state index contributed by atoms with van der Waals surface area (Å²) in [6.45, 7) is 7.11. The van der Waals surface area contributed by atoms with Gasteiger partial charge in [-0.25, -0.2) is 4.39 Å². The van der Waals surface area contributed by atoms with Crippen LogP contribution in [-0.2, 0) is 14.4 Å². The Balaban J connectivity index is 2.07. The molecule has 0 radical (unpaired) electrons. The van der Waals surface area contributed by atoms with Crippen LogP contribution in [-0.4, -0.2) is 54.0 Å². The Bertz CT molecular complexity index is 903. The van der Waals surface area contributed by atoms with Crippen LogP contribution in [0.1, 0.15) is 62.7 Å². The quantitative estimate of drug-likeness (QED) is 0.290. The summed E-state index contributed by atoms with van der Waals surface area (Å²) >= 11 is 0. The standard InChI is InChI=1S/C27H38FN3O4/c1-18(2)22(16-24(32)20-9-5-4-6-10-20)27(35)31-14-8-12-23(31)25(33)15-21(26(34)17-28)11-7-13-30-19(3)29/h4-6,9-10,18,21-23,30H,3,7-8,11-17,29H2,1-2H3/t21-,22+,23+/m1/s1. The zero-order valence-electron chi connectivity index (χ0n) is 20.8. The fourth-order valence-electron chi connectivity index (χ4n) is 4.59. The van der Waals surface area contributed by atoms with Crippen LogP contribution in [0.15, 0.2) is 42.7 Å². The zero-order chi connectivity index (χ0) is 26.0. The van der Waals surface area contributed by atoms with Gasteiger partial charge in [0.25, 0.3) is 0 Å². The number of amides is 1. The molecule has 1 saturated heterocycles. The number of rotatable bonds is 15. The molecule has 0 spiro atoms. The average molecular weight is 488 g/mol. The van der Waals surface area contributed by atoms with E-state index in [0.29, 0.717) is 50.2 Å². The predicted molar refractivity (Wildman–Crippen MR) is 133 cm³/mol. The van der Waals surface area contributed by atoms with Crippen LogP contribution in [0.3, 0.4) is 0 Å². The number of ketones is 3. The molecular formula is C27H38FN3O4. The van der Waals surface area contributed by atoms with Crippen molar-refractivity contribution in [1.29, 1.82) is 0 Å². The Kier molecular flexibility index (Phi) is 11.1. The van der Waals surface area contributed by atoms with Gasteiger partial charge in [0, 0.05) is 43.3 Å². The summed E-state index contributed by atoms with van der Waals surface area (Å²) in [6.07, 6.45) is 2.02. The van der Waals surface area contributed by atoms with E-state index in [1.54, 1.807) is 29.2 Å². The Labute approximate surface area is 207 Å². The molecule has 8 heteroatoms. The van der Waals surface area contributed by atoms with Crippen molar-refractivity contribution in [3.05, 3.63) is 48.3 Å². The molecule has 1 fully saturated rings. The summed E-state index contributed by atoms with van der Waals surface area (Å²) in [7, 11) is 0. The number of nitrogens with zero attached hydrogens (tertiary/aromatic N) is 1. The first-order chi connectivity index (χ1) is 16.6. The third-order valence-corrected chi connectivity index (χ3v) is 6.65. The average Bonchev–Trinajstić information content (AvgIpc) is 3.33. The molecule has 0 bridgehead atoms. The van der Waals surface area contributed by atoms with Gasteiger partial charge in [-0.2, -0.15) is 0 Å². The van der Waals surface area contributed by atoms with Gasteiger partial charge in [-0.3, -0.25) is 19.2 Å². The number of carbonyl (C=O) groups is 4. The van der Waals surface area contributed by atoms with Crippen molar-refractivity contribution < 1.29 is 23.6 Å². The second kappa shape index (κ2) is 13.8. The van der Waals surface area contributed by atoms with Gasteiger partial charge in [0.05, 0.1) is 11.9 Å². The van der Waals surface area contributed by atoms with Gasteiger partial charge in [-0.15, -0.1) is 0 Å². The highest BCUT2D eigenvalue weighted by Crippen LogP contribution is 2.28. The van der Waals surface area contributed by atoms with E-state index in [2.05, 4.69) is 11.9 Å². The van der Waals surface area contributed by atoms with Crippen LogP contribution in [0.2, 0.25) is 0 Å². The largest absolute Gasteiger partial charge is 0.386 e. The van der Waals surface area contributed by atoms with Crippen molar-refractivity contribution in [2.24, 2.45) is 23.5 Å². The zero-order valence-corrected chi connectivity index (χ0v) is 20.8. The molecule has 2 rings (SSSR count). The Morgan fingerprint density at radius 2 is 1.86 bits per heavy atom. The van der Waals surface area contributed by atoms with E-state index in [0.717, 1.165) is 0 Å². The van der Waals surface area contributed by atoms with Crippen LogP contribution in [0.25, 0.3) is 0 Å². The minimum atomic E-state index is -1.13. The van der Waals surface area contributed by atoms with Gasteiger partial charge < -0.3 is 16.0 Å². The first-order valence-corrected chi connectivity index (χ1v) is 12.3. The van der Waals surface area contributed by atoms with Gasteiger partial charge >= 0.3 is 0 Å². The van der Waals surface area contributed by atoms with Crippen molar-refractivity contribution in [3.63, 3.8) is 0 Å². The minimum Gasteiger partial charge on any atom is -0.386 e. The van der Waals surface area contributed by atoms with E-state index < -0.39 is 30.3 Å². The van der Waals surface area contributed by atoms with Crippen LogP contribution in [0.4, 0.5) is 4.39 Å². The number of benzene rings is 1. The number of hydrogen-bond donors (Lipinski definition) is 2. The summed E-state index contributed by atoms with van der Waals surface area (Å²) in [5.74, 6) is -2.21. The molecule has 0 aromatic heterocycles. The lowest BCUT2D eigenvalue weighted by atomic mass is 9.86. The SMILES string of the molecule is C=C(N)NCCC[C@H](CC(=O)[C@@H]1CCCN1C(=O)[C@@H](CC(=O)c1ccccc1)C(C)C)C(=O)CF. The first kappa shape index (κ1) is 28.2. The normalized spacial score (nSPS) is 17.1. The van der Waals surface area contributed by atoms with Crippen molar-refractivity contribution in [2.75, 3.05) is 19.8 Å². The smallest absolute Gasteiger partial charge is 0.227 e. The fraction of sp³-hybridized carbons (Fsp3) is 0.556. The topological polar surface area (TPSA) is 110 Å². The summed E-state index contributed by atoms with van der Waals surface area (Å²) in [4.78, 5) is 53.2. The maximum Gasteiger partial charge on any atom is 0.227 e. The molecule has 192 valence electrons. The number of nitrogens with two attached hydrogens (primary N) is 1. The Morgan fingerprint density at radius 3 is 2.46 bits per heavy atom. The molecule has 3 atom stereocenters. The third-order valence-electron chi connectivity index (χ3n) is 6.65. The number of likely N-dealkylation sites (tertiary alicyclic amines) is 1. The Hall–Kier alpha value is -3.03. The highest BCUT2D eigenvalue weighted by molar-refractivity contribution is 5.99. The number of nitrogens with one attached hydrogen (secondary N) is 1. The summed E-state index contributed by atoms with van der Waals surface area (Å²) in [6, 6.07) is 8.21. The maximum absolute atomic E-state index is 13.5. The van der Waals surface area contributed by atoms with E-state index in [4.69, 9.17) is 5.73 Å². The molecule has 7 nitrogen and oxygen atoms in total. The van der Waals surface area contributed by atoms with Gasteiger partial charge in [-0.05, 0) is 31.6 Å². The third kappa shape index (κ3) is 8.30. The van der Waals surface area contributed by atoms with Crippen molar-refractivity contribution in [1.82, 2.24) is 10.2 Å². The second-order valence-corrected chi connectivity index (χ2v) is 9.60. The number of halogens is 1. The lowest BCUT2D eigenvalue weighted by Crippen LogP contribution is -2.45. The van der Waals surface area contributed by atoms with Crippen molar-refractivity contribution in [3.8, 4) is 0 Å². The van der Waals surface area contributed by atoms with Crippen LogP contribution < -0.4 is 11.1 Å². The molecule has 1 aliphatic heterocycles. The summed E-state index contributed by atoms with van der Waals surface area (Å²) in [5, 5.41) is 2.85. The van der Waals surface area contributed by atoms with Gasteiger partial charge in [0.15, 0.2) is 17.3 Å². The highest BCUT2D eigenvalue weighted by atomic mass is 19.1. The number of Topliss-reactive ketones (excluding diaryl/α,β-unsaturated/α-hetero) is 3. The predicted octanol–water partition coefficient (Wildman–Crippen LogP) is 3.44. The molecule has 1 aromatic carbocycles. The van der Waals surface area contributed by atoms with E-state index in [9.17, 15) is 23.6 Å². The van der Waals surface area contributed by atoms with E-state index >= 15 is 0 Å². The fourth-order valence-corrected chi connectivity index (χ4v) is 4.59. The van der Waals surface area contributed by atoms with Gasteiger partial charge in [-0.1, -0.05) is 50.8 Å². The van der Waals surface area contributed by atoms with Gasteiger partial charge in [0.1, 0.15) is 6.67 Å². The molecule has 35 heavy (non-hydrogen) atoms. The number of alkyl halides is 1.